The van der Waals surface area contributed by atoms with Gasteiger partial charge in [0.1, 0.15) is 24.4 Å². The van der Waals surface area contributed by atoms with E-state index in [2.05, 4.69) is 5.32 Å². The predicted molar refractivity (Wildman–Crippen MR) is 111 cm³/mol. The minimum Gasteiger partial charge on any atom is -0.497 e. The predicted octanol–water partition coefficient (Wildman–Crippen LogP) is 3.21. The number of ether oxygens (including phenoxy) is 3. The summed E-state index contributed by atoms with van der Waals surface area (Å²) in [5, 5.41) is 2.73. The van der Waals surface area contributed by atoms with E-state index in [4.69, 9.17) is 18.6 Å². The van der Waals surface area contributed by atoms with Gasteiger partial charge < -0.3 is 23.9 Å². The van der Waals surface area contributed by atoms with Crippen molar-refractivity contribution in [2.24, 2.45) is 0 Å². The van der Waals surface area contributed by atoms with E-state index in [9.17, 15) is 9.59 Å². The Hall–Kier alpha value is -3.74. The topological polar surface area (TPSA) is 87.0 Å². The van der Waals surface area contributed by atoms with Crippen LogP contribution >= 0.6 is 0 Å². The van der Waals surface area contributed by atoms with E-state index >= 15 is 0 Å². The Labute approximate surface area is 174 Å². The van der Waals surface area contributed by atoms with Crippen LogP contribution in [0.15, 0.2) is 70.1 Å². The molecule has 30 heavy (non-hydrogen) atoms. The first-order valence-electron chi connectivity index (χ1n) is 9.39. The molecule has 7 heteroatoms. The monoisotopic (exact) mass is 409 g/mol. The fourth-order valence-corrected chi connectivity index (χ4v) is 2.85. The normalized spacial score (nSPS) is 10.3. The highest BCUT2D eigenvalue weighted by Crippen LogP contribution is 2.17. The first-order chi connectivity index (χ1) is 14.6. The number of hydrogen-bond donors (Lipinski definition) is 1. The lowest BCUT2D eigenvalue weighted by Crippen LogP contribution is -2.26. The van der Waals surface area contributed by atoms with Crippen LogP contribution in [-0.4, -0.2) is 26.7 Å². The first-order valence-corrected chi connectivity index (χ1v) is 9.39. The van der Waals surface area contributed by atoms with E-state index in [1.165, 1.54) is 0 Å². The van der Waals surface area contributed by atoms with Crippen LogP contribution in [-0.2, 0) is 13.0 Å². The molecule has 1 N–H and O–H groups in total. The van der Waals surface area contributed by atoms with E-state index in [-0.39, 0.29) is 18.1 Å². The minimum absolute atomic E-state index is 0.0309. The van der Waals surface area contributed by atoms with Crippen LogP contribution in [0.5, 0.6) is 17.2 Å². The minimum atomic E-state index is -0.471. The Kier molecular flexibility index (Phi) is 7.10. The summed E-state index contributed by atoms with van der Waals surface area (Å²) in [7, 11) is 3.18. The Morgan fingerprint density at radius 1 is 1.00 bits per heavy atom. The highest BCUT2D eigenvalue weighted by molar-refractivity contribution is 5.91. The van der Waals surface area contributed by atoms with E-state index < -0.39 is 11.3 Å². The molecule has 0 radical (unpaired) electrons. The second-order valence-electron chi connectivity index (χ2n) is 6.43. The first kappa shape index (κ1) is 21.0. The molecule has 1 amide bonds. The van der Waals surface area contributed by atoms with Crippen LogP contribution in [0, 0.1) is 0 Å². The van der Waals surface area contributed by atoms with Crippen LogP contribution in [0.4, 0.5) is 0 Å². The van der Waals surface area contributed by atoms with Crippen molar-refractivity contribution in [2.75, 3.05) is 20.8 Å². The van der Waals surface area contributed by atoms with Crippen LogP contribution in [0.3, 0.4) is 0 Å². The summed E-state index contributed by atoms with van der Waals surface area (Å²) in [5.41, 5.74) is 1.38. The molecule has 0 atom stereocenters. The summed E-state index contributed by atoms with van der Waals surface area (Å²) in [6.45, 7) is 0.545. The van der Waals surface area contributed by atoms with Gasteiger partial charge in [-0.25, -0.2) is 0 Å². The largest absolute Gasteiger partial charge is 0.497 e. The van der Waals surface area contributed by atoms with Crippen LogP contribution in [0.25, 0.3) is 0 Å². The molecule has 1 heterocycles. The van der Waals surface area contributed by atoms with Gasteiger partial charge in [0.05, 0.1) is 14.2 Å². The number of hydrogen-bond acceptors (Lipinski definition) is 6. The van der Waals surface area contributed by atoms with Gasteiger partial charge in [-0.2, -0.15) is 0 Å². The Bertz CT molecular complexity index is 1060. The molecule has 3 rings (SSSR count). The molecule has 0 aliphatic carbocycles. The maximum absolute atomic E-state index is 12.3. The van der Waals surface area contributed by atoms with Crippen molar-refractivity contribution in [3.63, 3.8) is 0 Å². The number of nitrogens with one attached hydrogen (secondary N) is 1. The van der Waals surface area contributed by atoms with Crippen molar-refractivity contribution in [3.05, 3.63) is 88.0 Å². The number of amides is 1. The molecule has 0 fully saturated rings. The molecule has 1 aromatic heterocycles. The van der Waals surface area contributed by atoms with Crippen molar-refractivity contribution in [2.45, 2.75) is 13.0 Å². The lowest BCUT2D eigenvalue weighted by Gasteiger charge is -2.09. The maximum Gasteiger partial charge on any atom is 0.287 e. The fraction of sp³-hybridized carbons (Fsp3) is 0.217. The van der Waals surface area contributed by atoms with Crippen LogP contribution in [0.2, 0.25) is 0 Å². The summed E-state index contributed by atoms with van der Waals surface area (Å²) >= 11 is 0. The highest BCUT2D eigenvalue weighted by Gasteiger charge is 2.12. The maximum atomic E-state index is 12.3. The average Bonchev–Trinajstić information content (AvgIpc) is 2.78. The molecule has 0 saturated carbocycles. The summed E-state index contributed by atoms with van der Waals surface area (Å²) in [5.74, 6) is 0.942. The molecule has 0 bridgehead atoms. The lowest BCUT2D eigenvalue weighted by atomic mass is 10.1. The van der Waals surface area contributed by atoms with Gasteiger partial charge in [0.2, 0.25) is 11.2 Å². The number of carbonyl (C=O) groups excluding carboxylic acids is 1. The van der Waals surface area contributed by atoms with Gasteiger partial charge >= 0.3 is 0 Å². The third-order valence-electron chi connectivity index (χ3n) is 4.42. The van der Waals surface area contributed by atoms with Gasteiger partial charge in [0.25, 0.3) is 5.91 Å². The summed E-state index contributed by atoms with van der Waals surface area (Å²) < 4.78 is 21.3. The van der Waals surface area contributed by atoms with E-state index in [1.807, 2.05) is 48.5 Å². The van der Waals surface area contributed by atoms with Crippen LogP contribution < -0.4 is 25.0 Å². The van der Waals surface area contributed by atoms with E-state index in [1.54, 1.807) is 14.2 Å². The third kappa shape index (κ3) is 5.41. The molecule has 7 nitrogen and oxygen atoms in total. The zero-order valence-corrected chi connectivity index (χ0v) is 16.8. The Balaban J connectivity index is 1.56. The lowest BCUT2D eigenvalue weighted by molar-refractivity contribution is 0.0923. The molecule has 3 aromatic rings. The van der Waals surface area contributed by atoms with Crippen molar-refractivity contribution < 1.29 is 23.4 Å². The van der Waals surface area contributed by atoms with E-state index in [0.717, 1.165) is 29.2 Å². The third-order valence-corrected chi connectivity index (χ3v) is 4.42. The molecule has 0 saturated heterocycles. The van der Waals surface area contributed by atoms with Gasteiger partial charge in [0, 0.05) is 12.6 Å². The standard InChI is InChI=1S/C23H23NO6/c1-27-18-8-5-6-16(12-18)14-29-22-15-30-21(13-19(22)25)23(26)24-11-10-17-7-3-4-9-20(17)28-2/h3-9,12-13,15H,10-11,14H2,1-2H3,(H,24,26). The number of benzene rings is 2. The zero-order valence-electron chi connectivity index (χ0n) is 16.8. The van der Waals surface area contributed by atoms with Gasteiger partial charge in [-0.05, 0) is 35.7 Å². The second kappa shape index (κ2) is 10.2. The number of methoxy groups -OCH3 is 2. The number of rotatable bonds is 9. The molecular weight excluding hydrogens is 386 g/mol. The SMILES string of the molecule is COc1cccc(COc2coc(C(=O)NCCc3ccccc3OC)cc2=O)c1. The van der Waals surface area contributed by atoms with Crippen molar-refractivity contribution >= 4 is 5.91 Å². The van der Waals surface area contributed by atoms with Crippen molar-refractivity contribution in [1.29, 1.82) is 0 Å². The molecular formula is C23H23NO6. The van der Waals surface area contributed by atoms with Gasteiger partial charge in [0.15, 0.2) is 5.76 Å². The molecule has 0 spiro atoms. The average molecular weight is 409 g/mol. The molecule has 156 valence electrons. The smallest absolute Gasteiger partial charge is 0.287 e. The summed E-state index contributed by atoms with van der Waals surface area (Å²) in [4.78, 5) is 24.5. The Morgan fingerprint density at radius 2 is 1.83 bits per heavy atom. The van der Waals surface area contributed by atoms with Crippen LogP contribution in [0.1, 0.15) is 21.7 Å². The van der Waals surface area contributed by atoms with E-state index in [0.29, 0.717) is 18.7 Å². The zero-order chi connectivity index (χ0) is 21.3. The summed E-state index contributed by atoms with van der Waals surface area (Å²) in [6, 6.07) is 16.0. The van der Waals surface area contributed by atoms with Gasteiger partial charge in [-0.15, -0.1) is 0 Å². The highest BCUT2D eigenvalue weighted by atomic mass is 16.5. The fourth-order valence-electron chi connectivity index (χ4n) is 2.85. The quantitative estimate of drug-likeness (QED) is 0.584. The summed E-state index contributed by atoms with van der Waals surface area (Å²) in [6.07, 6.45) is 1.74. The molecule has 0 unspecified atom stereocenters. The second-order valence-corrected chi connectivity index (χ2v) is 6.43. The number of carbonyl (C=O) groups is 1. The molecule has 0 aliphatic rings. The Morgan fingerprint density at radius 3 is 2.60 bits per heavy atom. The van der Waals surface area contributed by atoms with Crippen molar-refractivity contribution in [1.82, 2.24) is 5.32 Å². The molecule has 2 aromatic carbocycles. The van der Waals surface area contributed by atoms with Gasteiger partial charge in [-0.3, -0.25) is 9.59 Å². The number of para-hydroxylation sites is 1. The van der Waals surface area contributed by atoms with Gasteiger partial charge in [-0.1, -0.05) is 30.3 Å². The van der Waals surface area contributed by atoms with Crippen molar-refractivity contribution in [3.8, 4) is 17.2 Å². The molecule has 0 aliphatic heterocycles.